The van der Waals surface area contributed by atoms with Crippen molar-refractivity contribution in [2.75, 3.05) is 18.0 Å². The van der Waals surface area contributed by atoms with Crippen molar-refractivity contribution in [3.05, 3.63) is 61.2 Å². The van der Waals surface area contributed by atoms with E-state index < -0.39 is 0 Å². The van der Waals surface area contributed by atoms with Crippen molar-refractivity contribution in [2.24, 2.45) is 0 Å². The SMILES string of the molecule is c1cncc(Oc2nccnc2C2CCN(c3cnccn3)CC2)c1. The fourth-order valence-electron chi connectivity index (χ4n) is 3.05. The Kier molecular flexibility index (Phi) is 4.45. The van der Waals surface area contributed by atoms with Crippen molar-refractivity contribution in [1.82, 2.24) is 24.9 Å². The summed E-state index contributed by atoms with van der Waals surface area (Å²) in [7, 11) is 0. The Morgan fingerprint density at radius 1 is 0.880 bits per heavy atom. The van der Waals surface area contributed by atoms with Gasteiger partial charge in [0.05, 0.1) is 12.4 Å². The summed E-state index contributed by atoms with van der Waals surface area (Å²) in [4.78, 5) is 23.8. The van der Waals surface area contributed by atoms with E-state index in [2.05, 4.69) is 29.8 Å². The molecule has 4 heterocycles. The molecular weight excluding hydrogens is 316 g/mol. The smallest absolute Gasteiger partial charge is 0.241 e. The number of rotatable bonds is 4. The Bertz CT molecular complexity index is 806. The van der Waals surface area contributed by atoms with Gasteiger partial charge in [0.2, 0.25) is 5.88 Å². The van der Waals surface area contributed by atoms with Gasteiger partial charge in [0.1, 0.15) is 17.3 Å². The molecule has 0 atom stereocenters. The Labute approximate surface area is 145 Å². The molecule has 0 bridgehead atoms. The highest BCUT2D eigenvalue weighted by molar-refractivity contribution is 5.37. The highest BCUT2D eigenvalue weighted by Gasteiger charge is 2.25. The molecule has 4 rings (SSSR count). The van der Waals surface area contributed by atoms with Gasteiger partial charge in [-0.2, -0.15) is 0 Å². The van der Waals surface area contributed by atoms with Crippen LogP contribution in [0.1, 0.15) is 24.5 Å². The summed E-state index contributed by atoms with van der Waals surface area (Å²) < 4.78 is 5.90. The first-order valence-corrected chi connectivity index (χ1v) is 8.30. The standard InChI is InChI=1S/C18H18N6O/c1-2-15(12-19-5-1)25-18-17(22-8-9-23-18)14-3-10-24(11-4-14)16-13-20-6-7-21-16/h1-2,5-9,12-14H,3-4,10-11H2. The van der Waals surface area contributed by atoms with Gasteiger partial charge < -0.3 is 9.64 Å². The number of piperidine rings is 1. The highest BCUT2D eigenvalue weighted by atomic mass is 16.5. The summed E-state index contributed by atoms with van der Waals surface area (Å²) in [6.45, 7) is 1.82. The predicted octanol–water partition coefficient (Wildman–Crippen LogP) is 2.84. The van der Waals surface area contributed by atoms with Crippen molar-refractivity contribution in [2.45, 2.75) is 18.8 Å². The fraction of sp³-hybridized carbons (Fsp3) is 0.278. The first-order valence-electron chi connectivity index (χ1n) is 8.30. The van der Waals surface area contributed by atoms with Crippen LogP contribution >= 0.6 is 0 Å². The molecule has 0 N–H and O–H groups in total. The first kappa shape index (κ1) is 15.4. The second-order valence-corrected chi connectivity index (χ2v) is 5.86. The molecule has 25 heavy (non-hydrogen) atoms. The minimum Gasteiger partial charge on any atom is -0.436 e. The first-order chi connectivity index (χ1) is 12.4. The zero-order chi connectivity index (χ0) is 16.9. The molecule has 3 aromatic rings. The summed E-state index contributed by atoms with van der Waals surface area (Å²) >= 11 is 0. The number of hydrogen-bond acceptors (Lipinski definition) is 7. The fourth-order valence-corrected chi connectivity index (χ4v) is 3.05. The van der Waals surface area contributed by atoms with Gasteiger partial charge in [0.25, 0.3) is 0 Å². The lowest BCUT2D eigenvalue weighted by Gasteiger charge is -2.32. The average molecular weight is 334 g/mol. The van der Waals surface area contributed by atoms with E-state index in [9.17, 15) is 0 Å². The van der Waals surface area contributed by atoms with E-state index in [0.29, 0.717) is 17.5 Å². The molecule has 7 nitrogen and oxygen atoms in total. The maximum atomic E-state index is 5.90. The van der Waals surface area contributed by atoms with Crippen LogP contribution in [-0.4, -0.2) is 38.0 Å². The van der Waals surface area contributed by atoms with Crippen molar-refractivity contribution in [3.8, 4) is 11.6 Å². The number of aromatic nitrogens is 5. The van der Waals surface area contributed by atoms with E-state index in [0.717, 1.165) is 37.4 Å². The molecule has 1 fully saturated rings. The molecule has 0 saturated carbocycles. The Morgan fingerprint density at radius 2 is 1.68 bits per heavy atom. The molecule has 7 heteroatoms. The van der Waals surface area contributed by atoms with Gasteiger partial charge in [-0.1, -0.05) is 0 Å². The van der Waals surface area contributed by atoms with Crippen LogP contribution in [0, 0.1) is 0 Å². The van der Waals surface area contributed by atoms with E-state index >= 15 is 0 Å². The van der Waals surface area contributed by atoms with Crippen molar-refractivity contribution in [1.29, 1.82) is 0 Å². The van der Waals surface area contributed by atoms with Crippen molar-refractivity contribution in [3.63, 3.8) is 0 Å². The quantitative estimate of drug-likeness (QED) is 0.726. The minimum atomic E-state index is 0.313. The van der Waals surface area contributed by atoms with Crippen LogP contribution in [0.3, 0.4) is 0 Å². The summed E-state index contributed by atoms with van der Waals surface area (Å²) in [5.41, 5.74) is 0.908. The Morgan fingerprint density at radius 3 is 2.44 bits per heavy atom. The molecule has 0 aromatic carbocycles. The number of pyridine rings is 1. The lowest BCUT2D eigenvalue weighted by atomic mass is 9.93. The molecule has 0 radical (unpaired) electrons. The van der Waals surface area contributed by atoms with Crippen molar-refractivity contribution >= 4 is 5.82 Å². The normalized spacial score (nSPS) is 15.1. The van der Waals surface area contributed by atoms with E-state index in [1.54, 1.807) is 43.4 Å². The third-order valence-corrected chi connectivity index (χ3v) is 4.30. The van der Waals surface area contributed by atoms with Crippen LogP contribution in [0.15, 0.2) is 55.5 Å². The molecule has 1 aliphatic rings. The zero-order valence-electron chi connectivity index (χ0n) is 13.7. The lowest BCUT2D eigenvalue weighted by molar-refractivity contribution is 0.422. The van der Waals surface area contributed by atoms with E-state index in [1.807, 2.05) is 12.1 Å². The van der Waals surface area contributed by atoms with Crippen molar-refractivity contribution < 1.29 is 4.74 Å². The van der Waals surface area contributed by atoms with Crippen LogP contribution in [0.25, 0.3) is 0 Å². The third-order valence-electron chi connectivity index (χ3n) is 4.30. The van der Waals surface area contributed by atoms with Gasteiger partial charge in [-0.3, -0.25) is 15.0 Å². The molecule has 126 valence electrons. The molecule has 3 aromatic heterocycles. The molecule has 0 unspecified atom stereocenters. The molecule has 0 spiro atoms. The largest absolute Gasteiger partial charge is 0.436 e. The molecule has 0 amide bonds. The lowest BCUT2D eigenvalue weighted by Crippen LogP contribution is -2.33. The van der Waals surface area contributed by atoms with Crippen LogP contribution in [0.2, 0.25) is 0 Å². The van der Waals surface area contributed by atoms with E-state index in [-0.39, 0.29) is 0 Å². The summed E-state index contributed by atoms with van der Waals surface area (Å²) in [5.74, 6) is 2.47. The molecular formula is C18H18N6O. The van der Waals surface area contributed by atoms with Gasteiger partial charge >= 0.3 is 0 Å². The summed E-state index contributed by atoms with van der Waals surface area (Å²) in [6.07, 6.45) is 13.9. The average Bonchev–Trinajstić information content (AvgIpc) is 2.70. The van der Waals surface area contributed by atoms with Gasteiger partial charge in [-0.05, 0) is 25.0 Å². The van der Waals surface area contributed by atoms with Gasteiger partial charge in [-0.15, -0.1) is 0 Å². The van der Waals surface area contributed by atoms with Gasteiger partial charge in [0, 0.05) is 50.0 Å². The topological polar surface area (TPSA) is 76.9 Å². The van der Waals surface area contributed by atoms with E-state index in [4.69, 9.17) is 4.74 Å². The van der Waals surface area contributed by atoms with Gasteiger partial charge in [0.15, 0.2) is 0 Å². The second-order valence-electron chi connectivity index (χ2n) is 5.86. The summed E-state index contributed by atoms with van der Waals surface area (Å²) in [6, 6.07) is 3.70. The molecule has 0 aliphatic carbocycles. The third kappa shape index (κ3) is 3.55. The Hall–Kier alpha value is -3.09. The van der Waals surface area contributed by atoms with Crippen LogP contribution in [0.5, 0.6) is 11.6 Å². The number of hydrogen-bond donors (Lipinski definition) is 0. The highest BCUT2D eigenvalue weighted by Crippen LogP contribution is 2.34. The van der Waals surface area contributed by atoms with Gasteiger partial charge in [-0.25, -0.2) is 9.97 Å². The van der Waals surface area contributed by atoms with Crippen LogP contribution < -0.4 is 9.64 Å². The van der Waals surface area contributed by atoms with Crippen LogP contribution in [0.4, 0.5) is 5.82 Å². The zero-order valence-corrected chi connectivity index (χ0v) is 13.7. The predicted molar refractivity (Wildman–Crippen MR) is 92.6 cm³/mol. The Balaban J connectivity index is 1.48. The van der Waals surface area contributed by atoms with Crippen LogP contribution in [-0.2, 0) is 0 Å². The van der Waals surface area contributed by atoms with E-state index in [1.165, 1.54) is 0 Å². The second kappa shape index (κ2) is 7.21. The molecule has 1 aliphatic heterocycles. The number of anilines is 1. The monoisotopic (exact) mass is 334 g/mol. The number of nitrogens with zero attached hydrogens (tertiary/aromatic N) is 6. The maximum absolute atomic E-state index is 5.90. The summed E-state index contributed by atoms with van der Waals surface area (Å²) in [5, 5.41) is 0. The minimum absolute atomic E-state index is 0.313. The molecule has 1 saturated heterocycles. The number of ether oxygens (including phenoxy) is 1. The maximum Gasteiger partial charge on any atom is 0.241 e.